The minimum Gasteiger partial charge on any atom is -0.481 e. The number of ether oxygens (including phenoxy) is 1. The van der Waals surface area contributed by atoms with Gasteiger partial charge < -0.3 is 20.3 Å². The fraction of sp³-hybridized carbons (Fsp3) is 0.536. The highest BCUT2D eigenvalue weighted by atomic mass is 19.1. The van der Waals surface area contributed by atoms with Crippen LogP contribution in [-0.4, -0.2) is 41.0 Å². The second-order valence-electron chi connectivity index (χ2n) is 10.2. The van der Waals surface area contributed by atoms with Gasteiger partial charge in [0.15, 0.2) is 0 Å². The van der Waals surface area contributed by atoms with Crippen molar-refractivity contribution < 1.29 is 28.5 Å². The van der Waals surface area contributed by atoms with E-state index in [1.54, 1.807) is 0 Å². The summed E-state index contributed by atoms with van der Waals surface area (Å²) in [5.41, 5.74) is 3.11. The Balaban J connectivity index is 1.53. The summed E-state index contributed by atoms with van der Waals surface area (Å²) >= 11 is 0. The summed E-state index contributed by atoms with van der Waals surface area (Å²) in [6.45, 7) is 6.40. The first-order valence-corrected chi connectivity index (χ1v) is 12.4. The molecule has 0 amide bonds. The molecule has 5 nitrogen and oxygen atoms in total. The highest BCUT2D eigenvalue weighted by Crippen LogP contribution is 2.32. The molecule has 3 N–H and O–H groups in total. The molecule has 0 aliphatic heterocycles. The highest BCUT2D eigenvalue weighted by Gasteiger charge is 2.28. The van der Waals surface area contributed by atoms with Crippen LogP contribution in [0.15, 0.2) is 36.4 Å². The van der Waals surface area contributed by atoms with Gasteiger partial charge in [0.05, 0.1) is 18.8 Å². The van der Waals surface area contributed by atoms with Crippen LogP contribution in [0, 0.1) is 17.6 Å². The Bertz CT molecular complexity index is 985. The number of aliphatic carboxylic acids is 1. The second kappa shape index (κ2) is 12.1. The number of nitrogens with one attached hydrogen (secondary N) is 1. The third kappa shape index (κ3) is 7.82. The first kappa shape index (κ1) is 27.2. The third-order valence-electron chi connectivity index (χ3n) is 6.74. The predicted octanol–water partition coefficient (Wildman–Crippen LogP) is 4.98. The van der Waals surface area contributed by atoms with Gasteiger partial charge in [-0.05, 0) is 80.2 Å². The number of hydrogen-bond donors (Lipinski definition) is 3. The largest absolute Gasteiger partial charge is 0.481 e. The topological polar surface area (TPSA) is 78.8 Å². The van der Waals surface area contributed by atoms with E-state index < -0.39 is 29.8 Å². The van der Waals surface area contributed by atoms with Gasteiger partial charge in [-0.25, -0.2) is 8.78 Å². The molecule has 0 unspecified atom stereocenters. The van der Waals surface area contributed by atoms with Crippen molar-refractivity contribution >= 4 is 5.97 Å². The number of carbonyl (C=O) groups is 1. The molecule has 2 aromatic rings. The lowest BCUT2D eigenvalue weighted by atomic mass is 9.88. The first-order valence-electron chi connectivity index (χ1n) is 12.4. The molecule has 7 heteroatoms. The molecule has 1 aliphatic rings. The number of carboxylic acid groups (broad SMARTS) is 1. The lowest BCUT2D eigenvalue weighted by Gasteiger charge is -2.31. The number of halogens is 2. The molecule has 2 atom stereocenters. The lowest BCUT2D eigenvalue weighted by Crippen LogP contribution is -2.45. The van der Waals surface area contributed by atoms with Gasteiger partial charge >= 0.3 is 5.97 Å². The Hall–Kier alpha value is -2.35. The monoisotopic (exact) mass is 489 g/mol. The predicted molar refractivity (Wildman–Crippen MR) is 131 cm³/mol. The second-order valence-corrected chi connectivity index (χ2v) is 10.2. The molecule has 2 aromatic carbocycles. The SMILES string of the molecule is CC[C@@H](OC[C@H](O)CNC(C)(C)CC1Cc2ccccc2C1)c1cc(F)cc(F)c1CCC(=O)O. The van der Waals surface area contributed by atoms with Crippen LogP contribution in [0.2, 0.25) is 0 Å². The van der Waals surface area contributed by atoms with Crippen molar-refractivity contribution in [1.82, 2.24) is 5.32 Å². The summed E-state index contributed by atoms with van der Waals surface area (Å²) in [7, 11) is 0. The van der Waals surface area contributed by atoms with Crippen molar-refractivity contribution in [2.24, 2.45) is 5.92 Å². The average molecular weight is 490 g/mol. The molecule has 192 valence electrons. The van der Waals surface area contributed by atoms with Crippen LogP contribution >= 0.6 is 0 Å². The van der Waals surface area contributed by atoms with Crippen molar-refractivity contribution in [2.45, 2.75) is 77.0 Å². The Morgan fingerprint density at radius 2 is 1.86 bits per heavy atom. The van der Waals surface area contributed by atoms with Gasteiger partial charge in [-0.1, -0.05) is 31.2 Å². The van der Waals surface area contributed by atoms with Gasteiger partial charge in [0.1, 0.15) is 11.6 Å². The van der Waals surface area contributed by atoms with Crippen molar-refractivity contribution in [2.75, 3.05) is 13.2 Å². The maximum atomic E-state index is 14.4. The summed E-state index contributed by atoms with van der Waals surface area (Å²) in [5, 5.41) is 23.0. The van der Waals surface area contributed by atoms with E-state index in [1.807, 2.05) is 6.92 Å². The molecule has 35 heavy (non-hydrogen) atoms. The van der Waals surface area contributed by atoms with Crippen molar-refractivity contribution in [3.05, 3.63) is 70.3 Å². The Morgan fingerprint density at radius 3 is 2.46 bits per heavy atom. The Labute approximate surface area is 206 Å². The van der Waals surface area contributed by atoms with Gasteiger partial charge in [-0.3, -0.25) is 4.79 Å². The van der Waals surface area contributed by atoms with E-state index in [0.29, 0.717) is 24.4 Å². The maximum absolute atomic E-state index is 14.4. The van der Waals surface area contributed by atoms with E-state index in [9.17, 15) is 18.7 Å². The number of aliphatic hydroxyl groups excluding tert-OH is 1. The summed E-state index contributed by atoms with van der Waals surface area (Å²) < 4.78 is 34.2. The third-order valence-corrected chi connectivity index (χ3v) is 6.74. The number of fused-ring (bicyclic) bond motifs is 1. The molecule has 0 spiro atoms. The molecule has 0 fully saturated rings. The number of hydrogen-bond acceptors (Lipinski definition) is 4. The number of benzene rings is 2. The van der Waals surface area contributed by atoms with E-state index >= 15 is 0 Å². The minimum atomic E-state index is -1.06. The highest BCUT2D eigenvalue weighted by molar-refractivity contribution is 5.67. The van der Waals surface area contributed by atoms with E-state index in [0.717, 1.165) is 25.3 Å². The van der Waals surface area contributed by atoms with Gasteiger partial charge in [0, 0.05) is 24.6 Å². The normalized spacial score (nSPS) is 15.7. The van der Waals surface area contributed by atoms with E-state index in [-0.39, 0.29) is 30.6 Å². The van der Waals surface area contributed by atoms with E-state index in [4.69, 9.17) is 9.84 Å². The quantitative estimate of drug-likeness (QED) is 0.370. The molecule has 3 rings (SSSR count). The summed E-state index contributed by atoms with van der Waals surface area (Å²) in [5.74, 6) is -2.02. The van der Waals surface area contributed by atoms with Crippen LogP contribution in [0.25, 0.3) is 0 Å². The van der Waals surface area contributed by atoms with Crippen molar-refractivity contribution in [1.29, 1.82) is 0 Å². The van der Waals surface area contributed by atoms with Crippen molar-refractivity contribution in [3.8, 4) is 0 Å². The number of aliphatic hydroxyl groups is 1. The summed E-state index contributed by atoms with van der Waals surface area (Å²) in [4.78, 5) is 11.0. The van der Waals surface area contributed by atoms with Crippen LogP contribution < -0.4 is 5.32 Å². The lowest BCUT2D eigenvalue weighted by molar-refractivity contribution is -0.136. The number of carboxylic acids is 1. The smallest absolute Gasteiger partial charge is 0.303 e. The molecule has 0 radical (unpaired) electrons. The van der Waals surface area contributed by atoms with Gasteiger partial charge in [0.25, 0.3) is 0 Å². The molecule has 0 saturated carbocycles. The molecular formula is C28H37F2NO4. The van der Waals surface area contributed by atoms with Crippen LogP contribution in [0.4, 0.5) is 8.78 Å². The van der Waals surface area contributed by atoms with Gasteiger partial charge in [-0.2, -0.15) is 0 Å². The first-order chi connectivity index (χ1) is 16.6. The zero-order valence-corrected chi connectivity index (χ0v) is 20.8. The van der Waals surface area contributed by atoms with Crippen LogP contribution in [-0.2, 0) is 28.8 Å². The standard InChI is InChI=1S/C28H37F2NO4/c1-4-26(24-13-21(29)14-25(30)23(24)9-10-27(33)34)35-17-22(32)16-31-28(2,3)15-18-11-19-7-5-6-8-20(19)12-18/h5-8,13-14,18,22,26,31-32H,4,9-12,15-17H2,1-3H3,(H,33,34)/t22-,26-/m1/s1. The Morgan fingerprint density at radius 1 is 1.20 bits per heavy atom. The molecule has 0 aromatic heterocycles. The number of β-amino-alcohol motifs (C(OH)–C–C–N with tert-alkyl or cyclic N) is 1. The molecular weight excluding hydrogens is 452 g/mol. The Kier molecular flexibility index (Phi) is 9.39. The molecule has 0 heterocycles. The zero-order chi connectivity index (χ0) is 25.6. The minimum absolute atomic E-state index is 0.00698. The van der Waals surface area contributed by atoms with E-state index in [1.165, 1.54) is 17.2 Å². The molecule has 0 saturated heterocycles. The fourth-order valence-electron chi connectivity index (χ4n) is 5.10. The van der Waals surface area contributed by atoms with Gasteiger partial charge in [0.2, 0.25) is 0 Å². The summed E-state index contributed by atoms with van der Waals surface area (Å²) in [6.07, 6.45) is 1.77. The molecule has 0 bridgehead atoms. The fourth-order valence-corrected chi connectivity index (χ4v) is 5.10. The van der Waals surface area contributed by atoms with Crippen LogP contribution in [0.1, 0.15) is 68.4 Å². The van der Waals surface area contributed by atoms with Gasteiger partial charge in [-0.15, -0.1) is 0 Å². The summed E-state index contributed by atoms with van der Waals surface area (Å²) in [6, 6.07) is 10.5. The maximum Gasteiger partial charge on any atom is 0.303 e. The molecule has 1 aliphatic carbocycles. The van der Waals surface area contributed by atoms with Crippen LogP contribution in [0.3, 0.4) is 0 Å². The average Bonchev–Trinajstić information content (AvgIpc) is 3.18. The van der Waals surface area contributed by atoms with Crippen LogP contribution in [0.5, 0.6) is 0 Å². The zero-order valence-electron chi connectivity index (χ0n) is 20.8. The van der Waals surface area contributed by atoms with E-state index in [2.05, 4.69) is 43.4 Å². The van der Waals surface area contributed by atoms with Crippen molar-refractivity contribution in [3.63, 3.8) is 0 Å². The number of rotatable bonds is 13.